The van der Waals surface area contributed by atoms with E-state index in [-0.39, 0.29) is 30.1 Å². The number of nitrogens with zero attached hydrogens (tertiary/aromatic N) is 3. The fourth-order valence-corrected chi connectivity index (χ4v) is 2.12. The molecule has 1 fully saturated rings. The summed E-state index contributed by atoms with van der Waals surface area (Å²) in [5.74, 6) is -0.0501. The van der Waals surface area contributed by atoms with E-state index in [1.807, 2.05) is 0 Å². The maximum atomic E-state index is 13.9. The van der Waals surface area contributed by atoms with Gasteiger partial charge in [0.05, 0.1) is 19.5 Å². The molecule has 0 amide bonds. The van der Waals surface area contributed by atoms with Gasteiger partial charge >= 0.3 is 0 Å². The first-order valence-corrected chi connectivity index (χ1v) is 5.66. The van der Waals surface area contributed by atoms with Gasteiger partial charge in [0.15, 0.2) is 16.8 Å². The molecule has 9 heteroatoms. The summed E-state index contributed by atoms with van der Waals surface area (Å²) in [4.78, 5) is 21.8. The van der Waals surface area contributed by atoms with Crippen molar-refractivity contribution in [3.05, 3.63) is 16.7 Å². The number of alkyl halides is 1. The van der Waals surface area contributed by atoms with Crippen molar-refractivity contribution in [3.63, 3.8) is 0 Å². The lowest BCUT2D eigenvalue weighted by atomic mass is 10.1. The molecular weight excluding hydrogens is 257 g/mol. The largest absolute Gasteiger partial charge is 0.393 e. The molecule has 102 valence electrons. The van der Waals surface area contributed by atoms with E-state index < -0.39 is 24.1 Å². The number of H-pyrrole nitrogens is 1. The number of fused-ring (bicyclic) bond motifs is 1. The summed E-state index contributed by atoms with van der Waals surface area (Å²) in [5, 5.41) is 8.97. The molecule has 1 aliphatic rings. The topological polar surface area (TPSA) is 119 Å². The van der Waals surface area contributed by atoms with E-state index in [0.29, 0.717) is 0 Å². The first-order chi connectivity index (χ1) is 9.02. The minimum atomic E-state index is -1.78. The number of aromatic amines is 1. The first-order valence-electron chi connectivity index (χ1n) is 5.66. The number of hydrogen-bond donors (Lipinski definition) is 3. The van der Waals surface area contributed by atoms with Crippen LogP contribution in [0.5, 0.6) is 0 Å². The number of nitrogens with two attached hydrogens (primary N) is 1. The quantitative estimate of drug-likeness (QED) is 0.664. The average Bonchev–Trinajstić information content (AvgIpc) is 2.94. The molecule has 0 aromatic carbocycles. The van der Waals surface area contributed by atoms with Gasteiger partial charge in [0.1, 0.15) is 6.23 Å². The zero-order chi connectivity index (χ0) is 13.6. The Bertz CT molecular complexity index is 683. The minimum Gasteiger partial charge on any atom is -0.393 e. The number of nitrogens with one attached hydrogen (secondary N) is 1. The van der Waals surface area contributed by atoms with Gasteiger partial charge in [-0.15, -0.1) is 0 Å². The number of anilines is 1. The van der Waals surface area contributed by atoms with Crippen molar-refractivity contribution < 1.29 is 14.2 Å². The summed E-state index contributed by atoms with van der Waals surface area (Å²) in [6.07, 6.45) is 0.638. The third-order valence-corrected chi connectivity index (χ3v) is 3.12. The lowest BCUT2D eigenvalue weighted by molar-refractivity contribution is 0.0302. The van der Waals surface area contributed by atoms with Gasteiger partial charge in [-0.3, -0.25) is 14.3 Å². The van der Waals surface area contributed by atoms with Gasteiger partial charge in [-0.2, -0.15) is 4.98 Å². The minimum absolute atomic E-state index is 0.0383. The molecule has 0 spiro atoms. The molecular formula is C10H12FN5O3. The van der Waals surface area contributed by atoms with Crippen molar-refractivity contribution in [2.45, 2.75) is 18.3 Å². The van der Waals surface area contributed by atoms with Crippen molar-refractivity contribution in [1.29, 1.82) is 0 Å². The van der Waals surface area contributed by atoms with Crippen LogP contribution in [0.25, 0.3) is 11.2 Å². The summed E-state index contributed by atoms with van der Waals surface area (Å²) in [5.41, 5.74) is 3.56. The van der Waals surface area contributed by atoms with Gasteiger partial charge in [-0.25, -0.2) is 9.37 Å². The molecule has 3 heterocycles. The summed E-state index contributed by atoms with van der Waals surface area (Å²) >= 11 is 0. The molecule has 2 aromatic heterocycles. The molecule has 8 nitrogen and oxygen atoms in total. The van der Waals surface area contributed by atoms with E-state index in [0.717, 1.165) is 0 Å². The van der Waals surface area contributed by atoms with E-state index in [1.165, 1.54) is 10.9 Å². The van der Waals surface area contributed by atoms with Crippen molar-refractivity contribution in [3.8, 4) is 0 Å². The molecule has 2 aromatic rings. The fourth-order valence-electron chi connectivity index (χ4n) is 2.12. The number of aliphatic hydroxyl groups is 1. The smallest absolute Gasteiger partial charge is 0.280 e. The Hall–Kier alpha value is -2.00. The zero-order valence-corrected chi connectivity index (χ0v) is 9.84. The predicted molar refractivity (Wildman–Crippen MR) is 63.1 cm³/mol. The van der Waals surface area contributed by atoms with Gasteiger partial charge in [-0.05, 0) is 0 Å². The van der Waals surface area contributed by atoms with Crippen LogP contribution in [0.15, 0.2) is 11.1 Å². The van der Waals surface area contributed by atoms with Gasteiger partial charge in [0, 0.05) is 6.42 Å². The van der Waals surface area contributed by atoms with Crippen molar-refractivity contribution in [2.75, 3.05) is 18.9 Å². The van der Waals surface area contributed by atoms with E-state index >= 15 is 0 Å². The molecule has 0 unspecified atom stereocenters. The number of nitrogen functional groups attached to an aromatic ring is 1. The number of rotatable bonds is 2. The number of aliphatic hydroxyl groups excluding tert-OH is 1. The van der Waals surface area contributed by atoms with Crippen LogP contribution in [0.2, 0.25) is 0 Å². The van der Waals surface area contributed by atoms with Crippen molar-refractivity contribution in [2.24, 2.45) is 0 Å². The monoisotopic (exact) mass is 269 g/mol. The van der Waals surface area contributed by atoms with Crippen molar-refractivity contribution in [1.82, 2.24) is 19.5 Å². The van der Waals surface area contributed by atoms with Crippen LogP contribution >= 0.6 is 0 Å². The van der Waals surface area contributed by atoms with Crippen LogP contribution in [-0.2, 0) is 4.74 Å². The summed E-state index contributed by atoms with van der Waals surface area (Å²) < 4.78 is 20.6. The highest BCUT2D eigenvalue weighted by Crippen LogP contribution is 2.34. The van der Waals surface area contributed by atoms with Crippen LogP contribution in [0, 0.1) is 0 Å². The van der Waals surface area contributed by atoms with Crippen LogP contribution in [-0.4, -0.2) is 43.5 Å². The van der Waals surface area contributed by atoms with E-state index in [2.05, 4.69) is 15.0 Å². The van der Waals surface area contributed by atoms with Crippen molar-refractivity contribution >= 4 is 17.1 Å². The number of aromatic nitrogens is 4. The SMILES string of the molecule is Nc1nc2c(ncn2[C@@H]2C[C@](F)(CO)CO2)c(=O)[nH]1. The Morgan fingerprint density at radius 3 is 3.21 bits per heavy atom. The molecule has 2 atom stereocenters. The molecule has 0 aliphatic carbocycles. The second kappa shape index (κ2) is 4.00. The Kier molecular flexibility index (Phi) is 2.54. The van der Waals surface area contributed by atoms with Gasteiger partial charge in [0.2, 0.25) is 5.95 Å². The number of ether oxygens (including phenoxy) is 1. The lowest BCUT2D eigenvalue weighted by Gasteiger charge is -2.14. The van der Waals surface area contributed by atoms with Crippen LogP contribution in [0.4, 0.5) is 10.3 Å². The average molecular weight is 269 g/mol. The van der Waals surface area contributed by atoms with E-state index in [1.54, 1.807) is 0 Å². The Labute approximate surface area is 106 Å². The normalized spacial score (nSPS) is 27.2. The second-order valence-electron chi connectivity index (χ2n) is 4.55. The van der Waals surface area contributed by atoms with Gasteiger partial charge < -0.3 is 15.6 Å². The third-order valence-electron chi connectivity index (χ3n) is 3.12. The van der Waals surface area contributed by atoms with Gasteiger partial charge in [0.25, 0.3) is 5.56 Å². The number of hydrogen-bond acceptors (Lipinski definition) is 6. The standard InChI is InChI=1S/C10H12FN5O3/c11-10(2-17)1-5(19-3-10)16-4-13-6-7(16)14-9(12)15-8(6)18/h4-5,17H,1-3H2,(H3,12,14,15,18)/t5-,10-/m0/s1. The van der Waals surface area contributed by atoms with E-state index in [9.17, 15) is 9.18 Å². The number of halogens is 1. The van der Waals surface area contributed by atoms with E-state index in [4.69, 9.17) is 15.6 Å². The molecule has 3 rings (SSSR count). The lowest BCUT2D eigenvalue weighted by Crippen LogP contribution is -2.27. The summed E-state index contributed by atoms with van der Waals surface area (Å²) in [7, 11) is 0. The molecule has 0 bridgehead atoms. The zero-order valence-electron chi connectivity index (χ0n) is 9.84. The molecule has 1 aliphatic heterocycles. The fraction of sp³-hybridized carbons (Fsp3) is 0.500. The second-order valence-corrected chi connectivity index (χ2v) is 4.55. The maximum Gasteiger partial charge on any atom is 0.280 e. The highest BCUT2D eigenvalue weighted by atomic mass is 19.1. The number of imidazole rings is 1. The van der Waals surface area contributed by atoms with Crippen LogP contribution in [0.1, 0.15) is 12.6 Å². The van der Waals surface area contributed by atoms with Crippen LogP contribution in [0.3, 0.4) is 0 Å². The Morgan fingerprint density at radius 2 is 2.53 bits per heavy atom. The molecule has 1 saturated heterocycles. The molecule has 19 heavy (non-hydrogen) atoms. The summed E-state index contributed by atoms with van der Waals surface area (Å²) in [6, 6.07) is 0. The highest BCUT2D eigenvalue weighted by molar-refractivity contribution is 5.70. The molecule has 4 N–H and O–H groups in total. The maximum absolute atomic E-state index is 13.9. The Morgan fingerprint density at radius 1 is 1.74 bits per heavy atom. The Balaban J connectivity index is 2.05. The third kappa shape index (κ3) is 1.87. The summed E-state index contributed by atoms with van der Waals surface area (Å²) in [6.45, 7) is -0.835. The predicted octanol–water partition coefficient (Wildman–Crippen LogP) is -0.679. The van der Waals surface area contributed by atoms with Crippen LogP contribution < -0.4 is 11.3 Å². The molecule has 0 saturated carbocycles. The first kappa shape index (κ1) is 12.1. The van der Waals surface area contributed by atoms with Gasteiger partial charge in [-0.1, -0.05) is 0 Å². The highest BCUT2D eigenvalue weighted by Gasteiger charge is 2.41. The molecule has 0 radical (unpaired) electrons.